The first kappa shape index (κ1) is 17.0. The van der Waals surface area contributed by atoms with Crippen molar-refractivity contribution in [2.45, 2.75) is 6.92 Å². The standard InChI is InChI=1S/C15H17BrN4O3/c1-9-6-10(16)4-5-12(9)18-13(21)7-17-14(22)11-8-20(2)19-15(11)23-3/h4-6,8H,7H2,1-3H3,(H,17,22)(H,18,21). The molecular weight excluding hydrogens is 364 g/mol. The molecule has 1 aromatic carbocycles. The Balaban J connectivity index is 1.94. The smallest absolute Gasteiger partial charge is 0.258 e. The lowest BCUT2D eigenvalue weighted by Crippen LogP contribution is -2.33. The van der Waals surface area contributed by atoms with Gasteiger partial charge in [0, 0.05) is 23.4 Å². The number of hydrogen-bond acceptors (Lipinski definition) is 4. The molecule has 7 nitrogen and oxygen atoms in total. The van der Waals surface area contributed by atoms with E-state index in [9.17, 15) is 9.59 Å². The minimum Gasteiger partial charge on any atom is -0.479 e. The molecule has 0 aliphatic rings. The van der Waals surface area contributed by atoms with Crippen molar-refractivity contribution < 1.29 is 14.3 Å². The summed E-state index contributed by atoms with van der Waals surface area (Å²) in [5.74, 6) is -0.515. The van der Waals surface area contributed by atoms with Gasteiger partial charge in [-0.25, -0.2) is 0 Å². The van der Waals surface area contributed by atoms with Gasteiger partial charge in [-0.2, -0.15) is 0 Å². The van der Waals surface area contributed by atoms with Crippen LogP contribution in [0.15, 0.2) is 28.9 Å². The summed E-state index contributed by atoms with van der Waals surface area (Å²) in [6, 6.07) is 5.53. The highest BCUT2D eigenvalue weighted by molar-refractivity contribution is 9.10. The Kier molecular flexibility index (Phi) is 5.38. The van der Waals surface area contributed by atoms with Gasteiger partial charge in [-0.1, -0.05) is 15.9 Å². The first-order valence-corrected chi connectivity index (χ1v) is 7.62. The molecule has 1 aromatic heterocycles. The minimum absolute atomic E-state index is 0.146. The predicted octanol–water partition coefficient (Wildman–Crippen LogP) is 1.87. The summed E-state index contributed by atoms with van der Waals surface area (Å²) in [7, 11) is 3.12. The molecule has 1 heterocycles. The Morgan fingerprint density at radius 3 is 2.78 bits per heavy atom. The van der Waals surface area contributed by atoms with Gasteiger partial charge in [0.15, 0.2) is 0 Å². The van der Waals surface area contributed by atoms with Gasteiger partial charge in [0.05, 0.1) is 13.7 Å². The monoisotopic (exact) mass is 380 g/mol. The Hall–Kier alpha value is -2.35. The van der Waals surface area contributed by atoms with E-state index in [-0.39, 0.29) is 23.9 Å². The molecule has 8 heteroatoms. The molecule has 0 bridgehead atoms. The fraction of sp³-hybridized carbons (Fsp3) is 0.267. The molecule has 0 spiro atoms. The molecule has 0 radical (unpaired) electrons. The summed E-state index contributed by atoms with van der Waals surface area (Å²) in [4.78, 5) is 24.0. The van der Waals surface area contributed by atoms with E-state index in [1.54, 1.807) is 13.1 Å². The van der Waals surface area contributed by atoms with Gasteiger partial charge in [0.1, 0.15) is 5.56 Å². The Morgan fingerprint density at radius 1 is 1.39 bits per heavy atom. The average Bonchev–Trinajstić information content (AvgIpc) is 2.89. The van der Waals surface area contributed by atoms with Gasteiger partial charge in [-0.15, -0.1) is 5.10 Å². The van der Waals surface area contributed by atoms with Crippen molar-refractivity contribution in [2.24, 2.45) is 7.05 Å². The first-order valence-electron chi connectivity index (χ1n) is 6.82. The highest BCUT2D eigenvalue weighted by Crippen LogP contribution is 2.20. The van der Waals surface area contributed by atoms with Gasteiger partial charge in [-0.05, 0) is 30.7 Å². The van der Waals surface area contributed by atoms with Crippen LogP contribution < -0.4 is 15.4 Å². The zero-order valence-corrected chi connectivity index (χ0v) is 14.6. The number of methoxy groups -OCH3 is 1. The SMILES string of the molecule is COc1nn(C)cc1C(=O)NCC(=O)Nc1ccc(Br)cc1C. The van der Waals surface area contributed by atoms with Gasteiger partial charge in [0.2, 0.25) is 11.8 Å². The number of hydrogen-bond donors (Lipinski definition) is 2. The van der Waals surface area contributed by atoms with Crippen LogP contribution in [0.3, 0.4) is 0 Å². The second-order valence-corrected chi connectivity index (χ2v) is 5.83. The number of nitrogens with zero attached hydrogens (tertiary/aromatic N) is 2. The molecule has 0 saturated carbocycles. The number of halogens is 1. The fourth-order valence-corrected chi connectivity index (χ4v) is 2.47. The van der Waals surface area contributed by atoms with E-state index in [1.807, 2.05) is 19.1 Å². The lowest BCUT2D eigenvalue weighted by Gasteiger charge is -2.09. The largest absolute Gasteiger partial charge is 0.479 e. The normalized spacial score (nSPS) is 10.3. The number of benzene rings is 1. The number of anilines is 1. The van der Waals surface area contributed by atoms with Crippen LogP contribution in [0.4, 0.5) is 5.69 Å². The molecule has 0 atom stereocenters. The maximum absolute atomic E-state index is 12.1. The molecule has 0 fully saturated rings. The Labute approximate surface area is 142 Å². The van der Waals surface area contributed by atoms with Crippen molar-refractivity contribution in [3.8, 4) is 5.88 Å². The molecule has 2 aromatic rings. The molecule has 0 unspecified atom stereocenters. The maximum atomic E-state index is 12.1. The van der Waals surface area contributed by atoms with Crippen molar-refractivity contribution in [3.05, 3.63) is 40.0 Å². The number of carbonyl (C=O) groups is 2. The molecule has 0 saturated heterocycles. The molecule has 2 N–H and O–H groups in total. The number of aryl methyl sites for hydroxylation is 2. The van der Waals surface area contributed by atoms with Crippen LogP contribution >= 0.6 is 15.9 Å². The highest BCUT2D eigenvalue weighted by Gasteiger charge is 2.17. The average molecular weight is 381 g/mol. The van der Waals surface area contributed by atoms with E-state index in [0.717, 1.165) is 10.0 Å². The van der Waals surface area contributed by atoms with E-state index >= 15 is 0 Å². The summed E-state index contributed by atoms with van der Waals surface area (Å²) in [5.41, 5.74) is 1.90. The number of carbonyl (C=O) groups excluding carboxylic acids is 2. The van der Waals surface area contributed by atoms with E-state index in [2.05, 4.69) is 31.7 Å². The zero-order chi connectivity index (χ0) is 17.0. The predicted molar refractivity (Wildman–Crippen MR) is 89.6 cm³/mol. The van der Waals surface area contributed by atoms with Crippen LogP contribution in [-0.2, 0) is 11.8 Å². The second kappa shape index (κ2) is 7.28. The van der Waals surface area contributed by atoms with Crippen LogP contribution in [0.1, 0.15) is 15.9 Å². The van der Waals surface area contributed by atoms with Gasteiger partial charge in [-0.3, -0.25) is 14.3 Å². The van der Waals surface area contributed by atoms with E-state index in [0.29, 0.717) is 5.69 Å². The minimum atomic E-state index is -0.419. The molecule has 23 heavy (non-hydrogen) atoms. The van der Waals surface area contributed by atoms with Crippen molar-refractivity contribution >= 4 is 33.4 Å². The van der Waals surface area contributed by atoms with Crippen LogP contribution in [0.2, 0.25) is 0 Å². The summed E-state index contributed by atoms with van der Waals surface area (Å²) >= 11 is 3.36. The summed E-state index contributed by atoms with van der Waals surface area (Å²) in [5, 5.41) is 9.29. The number of aromatic nitrogens is 2. The van der Waals surface area contributed by atoms with Crippen LogP contribution in [0.25, 0.3) is 0 Å². The van der Waals surface area contributed by atoms with Crippen LogP contribution in [0, 0.1) is 6.92 Å². The number of ether oxygens (including phenoxy) is 1. The van der Waals surface area contributed by atoms with Crippen molar-refractivity contribution in [2.75, 3.05) is 19.0 Å². The molecular formula is C15H17BrN4O3. The number of nitrogens with one attached hydrogen (secondary N) is 2. The summed E-state index contributed by atoms with van der Waals surface area (Å²) < 4.78 is 7.43. The van der Waals surface area contributed by atoms with Gasteiger partial charge in [0.25, 0.3) is 5.91 Å². The zero-order valence-electron chi connectivity index (χ0n) is 13.0. The third-order valence-electron chi connectivity index (χ3n) is 3.10. The van der Waals surface area contributed by atoms with Crippen LogP contribution in [0.5, 0.6) is 5.88 Å². The fourth-order valence-electron chi connectivity index (χ4n) is 1.99. The van der Waals surface area contributed by atoms with Crippen molar-refractivity contribution in [3.63, 3.8) is 0 Å². The lowest BCUT2D eigenvalue weighted by molar-refractivity contribution is -0.115. The second-order valence-electron chi connectivity index (χ2n) is 4.92. The van der Waals surface area contributed by atoms with Crippen molar-refractivity contribution in [1.82, 2.24) is 15.1 Å². The van der Waals surface area contributed by atoms with E-state index in [4.69, 9.17) is 4.74 Å². The third kappa shape index (κ3) is 4.32. The number of rotatable bonds is 5. The molecule has 122 valence electrons. The summed E-state index contributed by atoms with van der Waals surface area (Å²) in [6.07, 6.45) is 1.53. The molecule has 2 rings (SSSR count). The molecule has 0 aliphatic carbocycles. The quantitative estimate of drug-likeness (QED) is 0.828. The third-order valence-corrected chi connectivity index (χ3v) is 3.60. The van der Waals surface area contributed by atoms with E-state index in [1.165, 1.54) is 18.0 Å². The Morgan fingerprint density at radius 2 is 2.13 bits per heavy atom. The Bertz CT molecular complexity index is 742. The molecule has 2 amide bonds. The van der Waals surface area contributed by atoms with E-state index < -0.39 is 5.91 Å². The first-order chi connectivity index (χ1) is 10.9. The number of amides is 2. The maximum Gasteiger partial charge on any atom is 0.258 e. The van der Waals surface area contributed by atoms with Crippen molar-refractivity contribution in [1.29, 1.82) is 0 Å². The highest BCUT2D eigenvalue weighted by atomic mass is 79.9. The topological polar surface area (TPSA) is 85.2 Å². The van der Waals surface area contributed by atoms with Gasteiger partial charge >= 0.3 is 0 Å². The summed E-state index contributed by atoms with van der Waals surface area (Å²) in [6.45, 7) is 1.74. The molecule has 0 aliphatic heterocycles. The van der Waals surface area contributed by atoms with Crippen LogP contribution in [-0.4, -0.2) is 35.2 Å². The lowest BCUT2D eigenvalue weighted by atomic mass is 10.2. The van der Waals surface area contributed by atoms with Gasteiger partial charge < -0.3 is 15.4 Å².